The van der Waals surface area contributed by atoms with Crippen molar-refractivity contribution in [1.29, 1.82) is 0 Å². The van der Waals surface area contributed by atoms with Crippen LogP contribution in [0.25, 0.3) is 0 Å². The van der Waals surface area contributed by atoms with Crippen molar-refractivity contribution in [2.45, 2.75) is 6.42 Å². The van der Waals surface area contributed by atoms with Crippen molar-refractivity contribution >= 4 is 17.8 Å². The summed E-state index contributed by atoms with van der Waals surface area (Å²) in [6.45, 7) is -0.107. The number of rotatable bonds is 5. The summed E-state index contributed by atoms with van der Waals surface area (Å²) in [5.41, 5.74) is -0.814. The van der Waals surface area contributed by atoms with E-state index in [0.29, 0.717) is 0 Å². The van der Waals surface area contributed by atoms with Crippen molar-refractivity contribution in [3.05, 3.63) is 23.8 Å². The molecule has 8 nitrogen and oxygen atoms in total. The van der Waals surface area contributed by atoms with Crippen molar-refractivity contribution in [3.63, 3.8) is 0 Å². The van der Waals surface area contributed by atoms with Gasteiger partial charge < -0.3 is 15.5 Å². The Morgan fingerprint density at radius 2 is 1.71 bits per heavy atom. The molecule has 0 spiro atoms. The second-order valence-corrected chi connectivity index (χ2v) is 2.96. The number of nitrogens with zero attached hydrogens (tertiary/aromatic N) is 2. The number of aliphatic carboxylic acids is 1. The predicted octanol–water partition coefficient (Wildman–Crippen LogP) is -0.621. The standard InChI is InChI=1S/C9H9N3O5/c13-5(14)1-2-12-8(15)6-7(9(16)17)11-4-3-10-6/h3-4H,1-2H2,(H,12,15)(H,13,14)(H,16,17). The number of carbonyl (C=O) groups excluding carboxylic acids is 1. The second kappa shape index (κ2) is 5.54. The molecule has 0 saturated carbocycles. The fraction of sp³-hybridized carbons (Fsp3) is 0.222. The number of carbonyl (C=O) groups is 3. The maximum absolute atomic E-state index is 11.5. The van der Waals surface area contributed by atoms with E-state index in [1.54, 1.807) is 0 Å². The third-order valence-electron chi connectivity index (χ3n) is 1.74. The molecule has 0 fully saturated rings. The van der Waals surface area contributed by atoms with Crippen LogP contribution in [0.1, 0.15) is 27.4 Å². The zero-order chi connectivity index (χ0) is 12.8. The lowest BCUT2D eigenvalue weighted by molar-refractivity contribution is -0.136. The van der Waals surface area contributed by atoms with Gasteiger partial charge >= 0.3 is 11.9 Å². The van der Waals surface area contributed by atoms with Crippen LogP contribution in [0.4, 0.5) is 0 Å². The van der Waals surface area contributed by atoms with Crippen molar-refractivity contribution in [3.8, 4) is 0 Å². The van der Waals surface area contributed by atoms with E-state index >= 15 is 0 Å². The van der Waals surface area contributed by atoms with Crippen molar-refractivity contribution in [2.24, 2.45) is 0 Å². The Labute approximate surface area is 95.3 Å². The van der Waals surface area contributed by atoms with Gasteiger partial charge in [-0.05, 0) is 0 Å². The van der Waals surface area contributed by atoms with Crippen LogP contribution in [0.15, 0.2) is 12.4 Å². The molecule has 1 rings (SSSR count). The zero-order valence-electron chi connectivity index (χ0n) is 8.58. The molecule has 0 radical (unpaired) electrons. The molecule has 0 atom stereocenters. The molecule has 0 saturated heterocycles. The fourth-order valence-corrected chi connectivity index (χ4v) is 1.03. The molecule has 90 valence electrons. The van der Waals surface area contributed by atoms with E-state index in [2.05, 4.69) is 15.3 Å². The van der Waals surface area contributed by atoms with E-state index in [1.807, 2.05) is 0 Å². The van der Waals surface area contributed by atoms with Crippen LogP contribution in [-0.4, -0.2) is 44.6 Å². The van der Waals surface area contributed by atoms with E-state index in [-0.39, 0.29) is 18.7 Å². The average Bonchev–Trinajstić information content (AvgIpc) is 2.28. The predicted molar refractivity (Wildman–Crippen MR) is 53.6 cm³/mol. The van der Waals surface area contributed by atoms with Crippen LogP contribution in [0.5, 0.6) is 0 Å². The molecule has 0 aliphatic carbocycles. The largest absolute Gasteiger partial charge is 0.481 e. The van der Waals surface area contributed by atoms with E-state index in [4.69, 9.17) is 10.2 Å². The minimum Gasteiger partial charge on any atom is -0.481 e. The number of nitrogens with one attached hydrogen (secondary N) is 1. The number of carboxylic acids is 2. The lowest BCUT2D eigenvalue weighted by Crippen LogP contribution is -2.29. The first kappa shape index (κ1) is 12.6. The van der Waals surface area contributed by atoms with Crippen molar-refractivity contribution in [2.75, 3.05) is 6.54 Å². The Hall–Kier alpha value is -2.51. The highest BCUT2D eigenvalue weighted by Gasteiger charge is 2.18. The van der Waals surface area contributed by atoms with Crippen molar-refractivity contribution < 1.29 is 24.6 Å². The highest BCUT2D eigenvalue weighted by molar-refractivity contribution is 6.01. The normalized spacial score (nSPS) is 9.65. The number of aromatic nitrogens is 2. The third kappa shape index (κ3) is 3.52. The van der Waals surface area contributed by atoms with Crippen LogP contribution in [0.2, 0.25) is 0 Å². The Kier molecular flexibility index (Phi) is 4.09. The van der Waals surface area contributed by atoms with Crippen LogP contribution >= 0.6 is 0 Å². The topological polar surface area (TPSA) is 129 Å². The molecule has 1 amide bonds. The number of hydrogen-bond acceptors (Lipinski definition) is 5. The summed E-state index contributed by atoms with van der Waals surface area (Å²) < 4.78 is 0. The number of amides is 1. The van der Waals surface area contributed by atoms with Gasteiger partial charge in [-0.15, -0.1) is 0 Å². The smallest absolute Gasteiger partial charge is 0.356 e. The van der Waals surface area contributed by atoms with Gasteiger partial charge in [0.15, 0.2) is 11.4 Å². The van der Waals surface area contributed by atoms with Crippen LogP contribution in [-0.2, 0) is 4.79 Å². The summed E-state index contributed by atoms with van der Waals surface area (Å²) in [6.07, 6.45) is 2.07. The van der Waals surface area contributed by atoms with Crippen molar-refractivity contribution in [1.82, 2.24) is 15.3 Å². The van der Waals surface area contributed by atoms with Gasteiger partial charge in [-0.2, -0.15) is 0 Å². The highest BCUT2D eigenvalue weighted by atomic mass is 16.4. The monoisotopic (exact) mass is 239 g/mol. The summed E-state index contributed by atoms with van der Waals surface area (Å²) in [5.74, 6) is -3.21. The Balaban J connectivity index is 2.75. The second-order valence-electron chi connectivity index (χ2n) is 2.96. The lowest BCUT2D eigenvalue weighted by Gasteiger charge is -2.04. The molecule has 1 aromatic heterocycles. The van der Waals surface area contributed by atoms with Gasteiger partial charge in [-0.1, -0.05) is 0 Å². The van der Waals surface area contributed by atoms with Gasteiger partial charge in [-0.25, -0.2) is 14.8 Å². The molecule has 1 aromatic rings. The van der Waals surface area contributed by atoms with Crippen LogP contribution in [0.3, 0.4) is 0 Å². The molecule has 1 heterocycles. The van der Waals surface area contributed by atoms with Gasteiger partial charge in [0.05, 0.1) is 6.42 Å². The molecule has 8 heteroatoms. The zero-order valence-corrected chi connectivity index (χ0v) is 8.58. The van der Waals surface area contributed by atoms with Gasteiger partial charge in [-0.3, -0.25) is 9.59 Å². The van der Waals surface area contributed by atoms with Crippen LogP contribution < -0.4 is 5.32 Å². The Morgan fingerprint density at radius 3 is 2.24 bits per heavy atom. The SMILES string of the molecule is O=C(O)CCNC(=O)c1nccnc1C(=O)O. The average molecular weight is 239 g/mol. The Bertz CT molecular complexity index is 460. The first-order chi connectivity index (χ1) is 8.02. The summed E-state index contributed by atoms with van der Waals surface area (Å²) in [5, 5.41) is 19.4. The summed E-state index contributed by atoms with van der Waals surface area (Å²) in [7, 11) is 0. The molecule has 0 bridgehead atoms. The van der Waals surface area contributed by atoms with E-state index in [1.165, 1.54) is 6.20 Å². The molecule has 17 heavy (non-hydrogen) atoms. The molecule has 0 unspecified atom stereocenters. The summed E-state index contributed by atoms with van der Waals surface area (Å²) in [4.78, 5) is 39.5. The maximum atomic E-state index is 11.5. The summed E-state index contributed by atoms with van der Waals surface area (Å²) in [6, 6.07) is 0. The Morgan fingerprint density at radius 1 is 1.12 bits per heavy atom. The van der Waals surface area contributed by atoms with Gasteiger partial charge in [0.1, 0.15) is 0 Å². The molecule has 0 aromatic carbocycles. The lowest BCUT2D eigenvalue weighted by atomic mass is 10.3. The number of hydrogen-bond donors (Lipinski definition) is 3. The highest BCUT2D eigenvalue weighted by Crippen LogP contribution is 2.01. The minimum absolute atomic E-state index is 0.107. The molecule has 0 aliphatic rings. The quantitative estimate of drug-likeness (QED) is 0.624. The van der Waals surface area contributed by atoms with E-state index in [0.717, 1.165) is 6.20 Å². The first-order valence-corrected chi connectivity index (χ1v) is 4.56. The fourth-order valence-electron chi connectivity index (χ4n) is 1.03. The van der Waals surface area contributed by atoms with Crippen LogP contribution in [0, 0.1) is 0 Å². The van der Waals surface area contributed by atoms with E-state index in [9.17, 15) is 14.4 Å². The number of carboxylic acid groups (broad SMARTS) is 2. The molecule has 3 N–H and O–H groups in total. The van der Waals surface area contributed by atoms with Gasteiger partial charge in [0.25, 0.3) is 5.91 Å². The first-order valence-electron chi connectivity index (χ1n) is 4.56. The molecular weight excluding hydrogens is 230 g/mol. The maximum Gasteiger partial charge on any atom is 0.356 e. The molecular formula is C9H9N3O5. The summed E-state index contributed by atoms with van der Waals surface area (Å²) >= 11 is 0. The van der Waals surface area contributed by atoms with Gasteiger partial charge in [0.2, 0.25) is 0 Å². The molecule has 0 aliphatic heterocycles. The number of aromatic carboxylic acids is 1. The third-order valence-corrected chi connectivity index (χ3v) is 1.74. The van der Waals surface area contributed by atoms with Gasteiger partial charge in [0, 0.05) is 18.9 Å². The van der Waals surface area contributed by atoms with E-state index < -0.39 is 23.5 Å². The minimum atomic E-state index is -1.37.